The molecule has 38 heavy (non-hydrogen) atoms. The number of aliphatic hydroxyl groups excluding tert-OH is 1. The standard InChI is InChI=1S/C28H29F3N4O2Si/c1-38(2,3)23-8-9-24-19(12-23)13-25(35(24)15-18-5-4-6-20(11-18)28(29,30)31)27(37)33-21-7-10-26(32-14-21)34-16-22(36)17-34/h4-14,22,36H,15-17H2,1-3H3,(H,33,37). The Morgan fingerprint density at radius 2 is 1.84 bits per heavy atom. The van der Waals surface area contributed by atoms with Crippen LogP contribution >= 0.6 is 0 Å². The van der Waals surface area contributed by atoms with Gasteiger partial charge in [0.05, 0.1) is 31.6 Å². The molecule has 0 radical (unpaired) electrons. The number of anilines is 2. The quantitative estimate of drug-likeness (QED) is 0.336. The summed E-state index contributed by atoms with van der Waals surface area (Å²) in [4.78, 5) is 19.8. The molecule has 0 unspecified atom stereocenters. The second-order valence-electron chi connectivity index (χ2n) is 10.8. The molecule has 0 spiro atoms. The van der Waals surface area contributed by atoms with Gasteiger partial charge in [-0.25, -0.2) is 4.98 Å². The first-order valence-electron chi connectivity index (χ1n) is 12.4. The summed E-state index contributed by atoms with van der Waals surface area (Å²) in [7, 11) is -1.63. The number of aromatic nitrogens is 2. The van der Waals surface area contributed by atoms with Crippen molar-refractivity contribution in [3.8, 4) is 0 Å². The van der Waals surface area contributed by atoms with Crippen molar-refractivity contribution < 1.29 is 23.1 Å². The van der Waals surface area contributed by atoms with E-state index in [2.05, 4.69) is 36.0 Å². The molecular weight excluding hydrogens is 509 g/mol. The van der Waals surface area contributed by atoms with Crippen LogP contribution in [0.15, 0.2) is 66.9 Å². The van der Waals surface area contributed by atoms with Crippen LogP contribution in [0.3, 0.4) is 0 Å². The fourth-order valence-corrected chi connectivity index (χ4v) is 5.78. The first-order chi connectivity index (χ1) is 17.9. The fraction of sp³-hybridized carbons (Fsp3) is 0.286. The molecule has 198 valence electrons. The van der Waals surface area contributed by atoms with Gasteiger partial charge in [-0.15, -0.1) is 0 Å². The van der Waals surface area contributed by atoms with Crippen LogP contribution in [-0.2, 0) is 12.7 Å². The number of hydrogen-bond donors (Lipinski definition) is 2. The Bertz CT molecular complexity index is 1490. The molecule has 1 aliphatic heterocycles. The summed E-state index contributed by atoms with van der Waals surface area (Å²) in [5.41, 5.74) is 1.35. The van der Waals surface area contributed by atoms with Crippen molar-refractivity contribution in [1.29, 1.82) is 0 Å². The zero-order valence-corrected chi connectivity index (χ0v) is 22.4. The third-order valence-corrected chi connectivity index (χ3v) is 8.83. The van der Waals surface area contributed by atoms with Gasteiger partial charge in [0.2, 0.25) is 0 Å². The molecule has 1 aliphatic rings. The zero-order valence-electron chi connectivity index (χ0n) is 21.4. The number of amides is 1. The third-order valence-electron chi connectivity index (χ3n) is 6.79. The van der Waals surface area contributed by atoms with Gasteiger partial charge in [0.25, 0.3) is 5.91 Å². The molecule has 3 heterocycles. The highest BCUT2D eigenvalue weighted by atomic mass is 28.3. The number of β-amino-alcohol motifs (C(OH)–C–C–N with tert-alkyl or cyclic N) is 1. The number of rotatable bonds is 6. The van der Waals surface area contributed by atoms with E-state index in [-0.39, 0.29) is 18.6 Å². The molecule has 6 nitrogen and oxygen atoms in total. The van der Waals surface area contributed by atoms with E-state index in [1.54, 1.807) is 35.0 Å². The van der Waals surface area contributed by atoms with Crippen LogP contribution in [0.2, 0.25) is 19.6 Å². The Morgan fingerprint density at radius 3 is 2.47 bits per heavy atom. The van der Waals surface area contributed by atoms with Crippen molar-refractivity contribution >= 4 is 41.6 Å². The second kappa shape index (κ2) is 9.59. The molecule has 2 aromatic carbocycles. The van der Waals surface area contributed by atoms with Crippen LogP contribution in [0.4, 0.5) is 24.7 Å². The number of alkyl halides is 3. The number of halogens is 3. The highest BCUT2D eigenvalue weighted by molar-refractivity contribution is 6.88. The summed E-state index contributed by atoms with van der Waals surface area (Å²) in [6.07, 6.45) is -3.24. The van der Waals surface area contributed by atoms with Crippen LogP contribution in [-0.4, -0.2) is 47.8 Å². The largest absolute Gasteiger partial charge is 0.416 e. The van der Waals surface area contributed by atoms with E-state index < -0.39 is 19.8 Å². The number of fused-ring (bicyclic) bond motifs is 1. The maximum atomic E-state index is 13.5. The van der Waals surface area contributed by atoms with Crippen molar-refractivity contribution in [2.75, 3.05) is 23.3 Å². The van der Waals surface area contributed by atoms with Crippen molar-refractivity contribution in [1.82, 2.24) is 9.55 Å². The lowest BCUT2D eigenvalue weighted by atomic mass is 10.1. The molecule has 10 heteroatoms. The van der Waals surface area contributed by atoms with Gasteiger partial charge >= 0.3 is 6.18 Å². The summed E-state index contributed by atoms with van der Waals surface area (Å²) in [5.74, 6) is 0.336. The number of nitrogens with zero attached hydrogens (tertiary/aromatic N) is 3. The maximum Gasteiger partial charge on any atom is 0.416 e. The fourth-order valence-electron chi connectivity index (χ4n) is 4.61. The normalized spacial score (nSPS) is 14.6. The van der Waals surface area contributed by atoms with E-state index in [4.69, 9.17) is 0 Å². The molecule has 0 aliphatic carbocycles. The SMILES string of the molecule is C[Si](C)(C)c1ccc2c(c1)cc(C(=O)Nc1ccc(N3CC(O)C3)nc1)n2Cc1cccc(C(F)(F)F)c1. The zero-order chi connectivity index (χ0) is 27.2. The number of pyridine rings is 1. The number of nitrogens with one attached hydrogen (secondary N) is 1. The molecule has 4 aromatic rings. The minimum absolute atomic E-state index is 0.108. The second-order valence-corrected chi connectivity index (χ2v) is 15.8. The molecule has 0 saturated carbocycles. The number of carbonyl (C=O) groups is 1. The van der Waals surface area contributed by atoms with Crippen molar-refractivity contribution in [3.63, 3.8) is 0 Å². The summed E-state index contributed by atoms with van der Waals surface area (Å²) >= 11 is 0. The van der Waals surface area contributed by atoms with E-state index >= 15 is 0 Å². The molecular formula is C28H29F3N4O2Si. The van der Waals surface area contributed by atoms with E-state index in [9.17, 15) is 23.1 Å². The van der Waals surface area contributed by atoms with Gasteiger partial charge < -0.3 is 19.9 Å². The van der Waals surface area contributed by atoms with Gasteiger partial charge in [0.15, 0.2) is 0 Å². The molecule has 0 bridgehead atoms. The van der Waals surface area contributed by atoms with Crippen LogP contribution < -0.4 is 15.4 Å². The maximum absolute atomic E-state index is 13.5. The summed E-state index contributed by atoms with van der Waals surface area (Å²) < 4.78 is 41.8. The molecule has 2 aromatic heterocycles. The molecule has 5 rings (SSSR count). The van der Waals surface area contributed by atoms with E-state index in [0.717, 1.165) is 23.0 Å². The first-order valence-corrected chi connectivity index (χ1v) is 15.9. The van der Waals surface area contributed by atoms with Gasteiger partial charge in [-0.05, 0) is 42.0 Å². The van der Waals surface area contributed by atoms with Gasteiger partial charge in [-0.1, -0.05) is 49.1 Å². The molecule has 1 fully saturated rings. The molecule has 1 saturated heterocycles. The van der Waals surface area contributed by atoms with Crippen LogP contribution in [0.1, 0.15) is 21.6 Å². The average Bonchev–Trinajstić information content (AvgIpc) is 3.19. The predicted octanol–water partition coefficient (Wildman–Crippen LogP) is 5.08. The Kier molecular flexibility index (Phi) is 6.56. The lowest BCUT2D eigenvalue weighted by molar-refractivity contribution is -0.137. The third kappa shape index (κ3) is 5.32. The minimum Gasteiger partial charge on any atom is -0.389 e. The summed E-state index contributed by atoms with van der Waals surface area (Å²) in [5, 5.41) is 14.5. The van der Waals surface area contributed by atoms with E-state index in [1.165, 1.54) is 11.3 Å². The minimum atomic E-state index is -4.45. The van der Waals surface area contributed by atoms with Crippen LogP contribution in [0.25, 0.3) is 10.9 Å². The van der Waals surface area contributed by atoms with Crippen molar-refractivity contribution in [3.05, 3.63) is 83.7 Å². The van der Waals surface area contributed by atoms with Gasteiger partial charge in [0, 0.05) is 30.5 Å². The number of hydrogen-bond acceptors (Lipinski definition) is 4. The van der Waals surface area contributed by atoms with Crippen molar-refractivity contribution in [2.24, 2.45) is 0 Å². The van der Waals surface area contributed by atoms with E-state index in [1.807, 2.05) is 17.0 Å². The lowest BCUT2D eigenvalue weighted by Gasteiger charge is -2.36. The molecule has 0 atom stereocenters. The average molecular weight is 539 g/mol. The Morgan fingerprint density at radius 1 is 1.08 bits per heavy atom. The summed E-state index contributed by atoms with van der Waals surface area (Å²) in [6, 6.07) is 16.6. The number of aliphatic hydroxyl groups is 1. The highest BCUT2D eigenvalue weighted by Gasteiger charge is 2.30. The monoisotopic (exact) mass is 538 g/mol. The first kappa shape index (κ1) is 26.0. The lowest BCUT2D eigenvalue weighted by Crippen LogP contribution is -2.51. The van der Waals surface area contributed by atoms with Gasteiger partial charge in [0.1, 0.15) is 11.5 Å². The number of carbonyl (C=O) groups excluding carboxylic acids is 1. The predicted molar refractivity (Wildman–Crippen MR) is 146 cm³/mol. The Labute approximate surface area is 219 Å². The number of benzene rings is 2. The Balaban J connectivity index is 1.49. The molecule has 1 amide bonds. The van der Waals surface area contributed by atoms with Crippen LogP contribution in [0, 0.1) is 0 Å². The smallest absolute Gasteiger partial charge is 0.389 e. The van der Waals surface area contributed by atoms with Crippen LogP contribution in [0.5, 0.6) is 0 Å². The van der Waals surface area contributed by atoms with Gasteiger partial charge in [-0.2, -0.15) is 13.2 Å². The Hall–Kier alpha value is -3.63. The summed E-state index contributed by atoms with van der Waals surface area (Å²) in [6.45, 7) is 7.86. The van der Waals surface area contributed by atoms with Gasteiger partial charge in [-0.3, -0.25) is 4.79 Å². The van der Waals surface area contributed by atoms with E-state index in [0.29, 0.717) is 35.9 Å². The topological polar surface area (TPSA) is 70.4 Å². The van der Waals surface area contributed by atoms with Crippen molar-refractivity contribution in [2.45, 2.75) is 38.5 Å². The molecule has 2 N–H and O–H groups in total. The highest BCUT2D eigenvalue weighted by Crippen LogP contribution is 2.30.